The van der Waals surface area contributed by atoms with Gasteiger partial charge >= 0.3 is 0 Å². The van der Waals surface area contributed by atoms with Crippen LogP contribution in [-0.4, -0.2) is 77.4 Å². The van der Waals surface area contributed by atoms with Gasteiger partial charge in [0.2, 0.25) is 0 Å². The first-order chi connectivity index (χ1) is 14.6. The summed E-state index contributed by atoms with van der Waals surface area (Å²) >= 11 is 0. The van der Waals surface area contributed by atoms with Crippen molar-refractivity contribution >= 4 is 37.7 Å². The van der Waals surface area contributed by atoms with E-state index in [2.05, 4.69) is 69.2 Å². The van der Waals surface area contributed by atoms with Crippen LogP contribution in [0, 0.1) is 137 Å². The van der Waals surface area contributed by atoms with E-state index in [0.29, 0.717) is 0 Å². The van der Waals surface area contributed by atoms with Crippen molar-refractivity contribution in [1.29, 1.82) is 0 Å². The van der Waals surface area contributed by atoms with Gasteiger partial charge in [-0.05, 0) is 140 Å². The molecule has 3 rings (SSSR count). The third kappa shape index (κ3) is 120. The smallest absolute Gasteiger partial charge is 0.0466 e. The van der Waals surface area contributed by atoms with Crippen molar-refractivity contribution in [3.8, 4) is 0 Å². The molecule has 3 saturated heterocycles. The van der Waals surface area contributed by atoms with Gasteiger partial charge < -0.3 is 14.2 Å². The predicted molar refractivity (Wildman–Crippen MR) is 147 cm³/mol. The molecule has 0 amide bonds. The van der Waals surface area contributed by atoms with Crippen molar-refractivity contribution in [3.63, 3.8) is 0 Å². The van der Waals surface area contributed by atoms with Gasteiger partial charge in [0, 0.05) is 113 Å². The van der Waals surface area contributed by atoms with Crippen LogP contribution in [-0.2, 0) is 14.2 Å². The summed E-state index contributed by atoms with van der Waals surface area (Å²) in [6, 6.07) is 0. The van der Waals surface area contributed by atoms with Gasteiger partial charge in [0.1, 0.15) is 0 Å². The standard InChI is InChI=1S/3C4H8O.5C3H5.La.2Li/c3*1-2-4-5-3-1;5*1-3-2;;;/h3*1-4H2;5*3H,1-2H2;;;. The van der Waals surface area contributed by atoms with Crippen LogP contribution < -0.4 is 0 Å². The summed E-state index contributed by atoms with van der Waals surface area (Å²) < 4.78 is 14.8. The van der Waals surface area contributed by atoms with Crippen molar-refractivity contribution in [1.82, 2.24) is 0 Å². The normalized spacial score (nSPS) is 13.6. The van der Waals surface area contributed by atoms with Gasteiger partial charge in [-0.1, -0.05) is 0 Å². The molecule has 3 heterocycles. The molecule has 3 aliphatic rings. The van der Waals surface area contributed by atoms with Crippen LogP contribution in [0.1, 0.15) is 38.5 Å². The molecule has 0 spiro atoms. The Morgan fingerprint density at radius 2 is 0.424 bits per heavy atom. The Morgan fingerprint density at radius 3 is 0.455 bits per heavy atom. The Balaban J connectivity index is -0.0000000362. The van der Waals surface area contributed by atoms with E-state index in [1.165, 1.54) is 70.6 Å². The van der Waals surface area contributed by atoms with Gasteiger partial charge in [0.25, 0.3) is 0 Å². The maximum Gasteiger partial charge on any atom is 0.0466 e. The molecule has 180 valence electrons. The van der Waals surface area contributed by atoms with E-state index in [9.17, 15) is 0 Å². The molecule has 0 aromatic heterocycles. The zero-order valence-corrected chi connectivity index (χ0v) is 25.9. The van der Waals surface area contributed by atoms with Crippen LogP contribution in [0.3, 0.4) is 0 Å². The first-order valence-corrected chi connectivity index (χ1v) is 10.3. The van der Waals surface area contributed by atoms with Gasteiger partial charge in [-0.15, -0.1) is 0 Å². The molecule has 3 nitrogen and oxygen atoms in total. The quantitative estimate of drug-likeness (QED) is 0.336. The van der Waals surface area contributed by atoms with E-state index in [1.807, 2.05) is 0 Å². The number of ether oxygens (including phenoxy) is 3. The number of hydrogen-bond acceptors (Lipinski definition) is 3. The zero-order valence-electron chi connectivity index (χ0n) is 22.2. The second kappa shape index (κ2) is 76.5. The maximum absolute atomic E-state index is 4.94. The molecule has 6 heteroatoms. The first kappa shape index (κ1) is 55.7. The van der Waals surface area contributed by atoms with Crippen LogP contribution >= 0.6 is 0 Å². The average Bonchev–Trinajstić information content (AvgIpc) is 3.54. The molecule has 18 radical (unpaired) electrons. The van der Waals surface area contributed by atoms with Crippen molar-refractivity contribution in [2.75, 3.05) is 39.6 Å². The van der Waals surface area contributed by atoms with Gasteiger partial charge in [-0.25, -0.2) is 0 Å². The Morgan fingerprint density at radius 1 is 0.333 bits per heavy atom. The van der Waals surface area contributed by atoms with E-state index >= 15 is 0 Å². The van der Waals surface area contributed by atoms with E-state index in [1.54, 1.807) is 0 Å². The molecule has 0 bridgehead atoms. The van der Waals surface area contributed by atoms with Gasteiger partial charge in [0.15, 0.2) is 0 Å². The second-order valence-corrected chi connectivity index (χ2v) is 5.40. The van der Waals surface area contributed by atoms with Crippen LogP contribution in [0.15, 0.2) is 0 Å². The molecule has 0 unspecified atom stereocenters. The Labute approximate surface area is 264 Å². The average molecular weight is 574 g/mol. The summed E-state index contributed by atoms with van der Waals surface area (Å²) in [5, 5.41) is 0. The number of rotatable bonds is 0. The third-order valence-corrected chi connectivity index (χ3v) is 2.48. The molecule has 0 saturated carbocycles. The van der Waals surface area contributed by atoms with Crippen LogP contribution in [0.25, 0.3) is 0 Å². The molecule has 3 fully saturated rings. The fourth-order valence-electron chi connectivity index (χ4n) is 1.53. The van der Waals surface area contributed by atoms with Crippen molar-refractivity contribution in [3.05, 3.63) is 101 Å². The van der Waals surface area contributed by atoms with Crippen molar-refractivity contribution in [2.45, 2.75) is 38.5 Å². The van der Waals surface area contributed by atoms with Crippen molar-refractivity contribution in [2.24, 2.45) is 0 Å². The summed E-state index contributed by atoms with van der Waals surface area (Å²) in [5.74, 6) is 0. The Kier molecular flexibility index (Phi) is 129. The second-order valence-electron chi connectivity index (χ2n) is 5.40. The van der Waals surface area contributed by atoms with Gasteiger partial charge in [-0.3, -0.25) is 0 Å². The van der Waals surface area contributed by atoms with Gasteiger partial charge in [0.05, 0.1) is 0 Å². The SMILES string of the molecule is C1CCOC1.C1CCOC1.C1CCOC1.[CH2][CH][CH2].[CH2][CH][CH2].[CH2][CH][CH2].[CH2][CH][CH2].[CH2][CH][CH2].[La].[Li].[Li]. The largest absolute Gasteiger partial charge is 0.381 e. The van der Waals surface area contributed by atoms with Crippen LogP contribution in [0.4, 0.5) is 0 Å². The molecule has 3 aliphatic heterocycles. The molecule has 0 aromatic carbocycles. The van der Waals surface area contributed by atoms with Crippen molar-refractivity contribution < 1.29 is 49.8 Å². The topological polar surface area (TPSA) is 27.7 Å². The molecule has 0 atom stereocenters. The summed E-state index contributed by atoms with van der Waals surface area (Å²) in [6.07, 6.45) is 15.2. The summed E-state index contributed by atoms with van der Waals surface area (Å²) in [6.45, 7) is 38.5. The monoisotopic (exact) mass is 574 g/mol. The zero-order chi connectivity index (χ0) is 24.1. The Bertz CT molecular complexity index is 134. The van der Waals surface area contributed by atoms with Crippen LogP contribution in [0.2, 0.25) is 0 Å². The molecule has 0 aliphatic carbocycles. The fraction of sp³-hybridized carbons (Fsp3) is 0.444. The summed E-state index contributed by atoms with van der Waals surface area (Å²) in [5.41, 5.74) is 0. The molecule has 0 aromatic rings. The van der Waals surface area contributed by atoms with E-state index in [-0.39, 0.29) is 73.3 Å². The van der Waals surface area contributed by atoms with Crippen LogP contribution in [0.5, 0.6) is 0 Å². The summed E-state index contributed by atoms with van der Waals surface area (Å²) in [7, 11) is 0. The van der Waals surface area contributed by atoms with E-state index in [4.69, 9.17) is 14.2 Å². The molecule has 0 N–H and O–H groups in total. The maximum atomic E-state index is 4.94. The third-order valence-electron chi connectivity index (χ3n) is 2.48. The number of hydrogen-bond donors (Lipinski definition) is 0. The fourth-order valence-corrected chi connectivity index (χ4v) is 1.53. The molecule has 33 heavy (non-hydrogen) atoms. The Hall–Kier alpha value is 2.27. The van der Waals surface area contributed by atoms with E-state index in [0.717, 1.165) is 39.6 Å². The minimum atomic E-state index is 0. The minimum absolute atomic E-state index is 0. The molecular weight excluding hydrogens is 525 g/mol. The minimum Gasteiger partial charge on any atom is -0.381 e. The van der Waals surface area contributed by atoms with E-state index < -0.39 is 0 Å². The predicted octanol–water partition coefficient (Wildman–Crippen LogP) is 5.92. The molecular formula is C27H49LaLi2O3. The van der Waals surface area contributed by atoms with Gasteiger partial charge in [-0.2, -0.15) is 0 Å². The first-order valence-electron chi connectivity index (χ1n) is 10.3. The summed E-state index contributed by atoms with van der Waals surface area (Å²) in [4.78, 5) is 0.